The van der Waals surface area contributed by atoms with Gasteiger partial charge in [0.25, 0.3) is 5.91 Å². The summed E-state index contributed by atoms with van der Waals surface area (Å²) < 4.78 is 20.1. The molecule has 206 valence electrons. The highest BCUT2D eigenvalue weighted by Crippen LogP contribution is 2.38. The standard InChI is InChI=1S/C29H32ClFN4O4/c30-24-13-18(1-2-25(24)34-9-11-39-12-10-34)16-33-7-5-19(6-8-33)21-14-20(31)15-22-23(21)17-35(29(22)38)26-3-4-27(36)32-28(26)37/h1-2,13-15,19,26H,3-12,16-17H2,(H,32,36,37). The van der Waals surface area contributed by atoms with Crippen LogP contribution in [0.3, 0.4) is 0 Å². The molecule has 0 spiro atoms. The molecule has 0 aliphatic carbocycles. The van der Waals surface area contributed by atoms with Crippen LogP contribution in [-0.2, 0) is 27.4 Å². The Morgan fingerprint density at radius 1 is 1.00 bits per heavy atom. The lowest BCUT2D eigenvalue weighted by molar-refractivity contribution is -0.136. The van der Waals surface area contributed by atoms with Crippen LogP contribution in [0.25, 0.3) is 0 Å². The van der Waals surface area contributed by atoms with Crippen molar-refractivity contribution in [1.82, 2.24) is 15.1 Å². The van der Waals surface area contributed by atoms with Crippen LogP contribution in [0.1, 0.15) is 58.6 Å². The molecule has 0 aromatic heterocycles. The molecular formula is C29H32ClFN4O4. The average molecular weight is 555 g/mol. The lowest BCUT2D eigenvalue weighted by atomic mass is 9.85. The summed E-state index contributed by atoms with van der Waals surface area (Å²) in [6, 6.07) is 8.42. The number of likely N-dealkylation sites (tertiary alicyclic amines) is 1. The van der Waals surface area contributed by atoms with Crippen molar-refractivity contribution in [2.45, 2.75) is 50.7 Å². The summed E-state index contributed by atoms with van der Waals surface area (Å²) in [6.07, 6.45) is 2.18. The number of ether oxygens (including phenoxy) is 1. The van der Waals surface area contributed by atoms with Crippen LogP contribution in [0.5, 0.6) is 0 Å². The third-order valence-electron chi connectivity index (χ3n) is 8.45. The molecule has 1 N–H and O–H groups in total. The molecule has 39 heavy (non-hydrogen) atoms. The summed E-state index contributed by atoms with van der Waals surface area (Å²) in [5, 5.41) is 3.08. The van der Waals surface area contributed by atoms with Crippen LogP contribution in [-0.4, -0.2) is 73.0 Å². The van der Waals surface area contributed by atoms with E-state index in [1.54, 1.807) is 6.07 Å². The third-order valence-corrected chi connectivity index (χ3v) is 8.76. The minimum absolute atomic E-state index is 0.132. The van der Waals surface area contributed by atoms with Gasteiger partial charge >= 0.3 is 0 Å². The smallest absolute Gasteiger partial charge is 0.255 e. The van der Waals surface area contributed by atoms with Gasteiger partial charge in [-0.05, 0) is 79.2 Å². The van der Waals surface area contributed by atoms with Crippen molar-refractivity contribution in [3.63, 3.8) is 0 Å². The number of anilines is 1. The Labute approximate surface area is 232 Å². The van der Waals surface area contributed by atoms with E-state index in [1.807, 2.05) is 6.07 Å². The molecule has 3 fully saturated rings. The van der Waals surface area contributed by atoms with Crippen LogP contribution >= 0.6 is 11.6 Å². The molecule has 0 bridgehead atoms. The molecule has 8 nitrogen and oxygen atoms in total. The second kappa shape index (κ2) is 10.9. The number of morpholine rings is 1. The van der Waals surface area contributed by atoms with E-state index in [0.29, 0.717) is 18.8 Å². The van der Waals surface area contributed by atoms with E-state index in [4.69, 9.17) is 16.3 Å². The first-order valence-corrected chi connectivity index (χ1v) is 14.1. The molecule has 1 atom stereocenters. The molecule has 2 aromatic rings. The maximum absolute atomic E-state index is 14.7. The highest BCUT2D eigenvalue weighted by Gasteiger charge is 2.41. The van der Waals surface area contributed by atoms with E-state index in [9.17, 15) is 18.8 Å². The first kappa shape index (κ1) is 26.2. The predicted octanol–water partition coefficient (Wildman–Crippen LogP) is 3.46. The number of piperidine rings is 2. The molecule has 0 radical (unpaired) electrons. The lowest BCUT2D eigenvalue weighted by Gasteiger charge is -2.33. The van der Waals surface area contributed by atoms with Gasteiger partial charge in [0.2, 0.25) is 11.8 Å². The molecule has 0 saturated carbocycles. The molecule has 1 unspecified atom stereocenters. The number of halogens is 2. The maximum atomic E-state index is 14.7. The number of hydrogen-bond acceptors (Lipinski definition) is 6. The third kappa shape index (κ3) is 5.27. The topological polar surface area (TPSA) is 82.2 Å². The Bertz CT molecular complexity index is 1310. The summed E-state index contributed by atoms with van der Waals surface area (Å²) in [5.74, 6) is -1.42. The number of imide groups is 1. The zero-order chi connectivity index (χ0) is 27.1. The molecule has 6 rings (SSSR count). The number of nitrogens with one attached hydrogen (secondary N) is 1. The summed E-state index contributed by atoms with van der Waals surface area (Å²) in [7, 11) is 0. The molecule has 4 heterocycles. The minimum atomic E-state index is -0.707. The SMILES string of the molecule is O=C1CCC(N2Cc3c(cc(F)cc3C3CCN(Cc4ccc(N5CCOCC5)c(Cl)c4)CC3)C2=O)C(=O)N1. The van der Waals surface area contributed by atoms with E-state index in [0.717, 1.165) is 73.0 Å². The van der Waals surface area contributed by atoms with Gasteiger partial charge in [-0.15, -0.1) is 0 Å². The van der Waals surface area contributed by atoms with Gasteiger partial charge in [0.05, 0.1) is 23.9 Å². The summed E-state index contributed by atoms with van der Waals surface area (Å²) in [4.78, 5) is 43.3. The second-order valence-electron chi connectivity index (χ2n) is 10.9. The summed E-state index contributed by atoms with van der Waals surface area (Å²) in [5.41, 5.74) is 4.23. The monoisotopic (exact) mass is 554 g/mol. The van der Waals surface area contributed by atoms with Crippen molar-refractivity contribution < 1.29 is 23.5 Å². The first-order valence-electron chi connectivity index (χ1n) is 13.7. The van der Waals surface area contributed by atoms with Crippen molar-refractivity contribution in [1.29, 1.82) is 0 Å². The Kier molecular flexibility index (Phi) is 7.31. The van der Waals surface area contributed by atoms with Gasteiger partial charge in [-0.25, -0.2) is 4.39 Å². The normalized spacial score (nSPS) is 22.8. The summed E-state index contributed by atoms with van der Waals surface area (Å²) in [6.45, 7) is 5.87. The zero-order valence-corrected chi connectivity index (χ0v) is 22.5. The number of carbonyl (C=O) groups is 3. The number of benzene rings is 2. The number of carbonyl (C=O) groups excluding carboxylic acids is 3. The molecule has 3 amide bonds. The average Bonchev–Trinajstić information content (AvgIpc) is 3.25. The maximum Gasteiger partial charge on any atom is 0.255 e. The Hall–Kier alpha value is -3.01. The fourth-order valence-corrected chi connectivity index (χ4v) is 6.71. The van der Waals surface area contributed by atoms with Crippen LogP contribution in [0.2, 0.25) is 5.02 Å². The highest BCUT2D eigenvalue weighted by molar-refractivity contribution is 6.33. The van der Waals surface area contributed by atoms with Crippen LogP contribution in [0, 0.1) is 5.82 Å². The van der Waals surface area contributed by atoms with Gasteiger partial charge in [-0.3, -0.25) is 24.6 Å². The Balaban J connectivity index is 1.12. The fourth-order valence-electron chi connectivity index (χ4n) is 6.39. The van der Waals surface area contributed by atoms with Crippen molar-refractivity contribution >= 4 is 35.0 Å². The highest BCUT2D eigenvalue weighted by atomic mass is 35.5. The molecular weight excluding hydrogens is 523 g/mol. The Morgan fingerprint density at radius 2 is 1.77 bits per heavy atom. The van der Waals surface area contributed by atoms with E-state index in [2.05, 4.69) is 27.2 Å². The van der Waals surface area contributed by atoms with Gasteiger partial charge < -0.3 is 14.5 Å². The predicted molar refractivity (Wildman–Crippen MR) is 144 cm³/mol. The van der Waals surface area contributed by atoms with E-state index in [-0.39, 0.29) is 37.1 Å². The molecule has 3 saturated heterocycles. The largest absolute Gasteiger partial charge is 0.378 e. The van der Waals surface area contributed by atoms with Gasteiger partial charge in [0.1, 0.15) is 11.9 Å². The Morgan fingerprint density at radius 3 is 2.49 bits per heavy atom. The number of nitrogens with zero attached hydrogens (tertiary/aromatic N) is 3. The number of rotatable bonds is 5. The van der Waals surface area contributed by atoms with Crippen LogP contribution in [0.15, 0.2) is 30.3 Å². The van der Waals surface area contributed by atoms with E-state index in [1.165, 1.54) is 11.0 Å². The first-order chi connectivity index (χ1) is 18.9. The van der Waals surface area contributed by atoms with Crippen molar-refractivity contribution in [2.24, 2.45) is 0 Å². The van der Waals surface area contributed by atoms with Gasteiger partial charge in [0.15, 0.2) is 0 Å². The van der Waals surface area contributed by atoms with E-state index >= 15 is 0 Å². The second-order valence-corrected chi connectivity index (χ2v) is 11.3. The number of amides is 3. The van der Waals surface area contributed by atoms with Crippen LogP contribution < -0.4 is 10.2 Å². The molecule has 4 aliphatic heterocycles. The van der Waals surface area contributed by atoms with Crippen molar-refractivity contribution in [3.05, 3.63) is 63.4 Å². The summed E-state index contributed by atoms with van der Waals surface area (Å²) >= 11 is 6.64. The fraction of sp³-hybridized carbons (Fsp3) is 0.483. The quantitative estimate of drug-likeness (QED) is 0.570. The van der Waals surface area contributed by atoms with Gasteiger partial charge in [-0.1, -0.05) is 17.7 Å². The van der Waals surface area contributed by atoms with Crippen molar-refractivity contribution in [2.75, 3.05) is 44.3 Å². The van der Waals surface area contributed by atoms with Crippen LogP contribution in [0.4, 0.5) is 10.1 Å². The number of fused-ring (bicyclic) bond motifs is 1. The molecule has 2 aromatic carbocycles. The molecule has 10 heteroatoms. The number of hydrogen-bond donors (Lipinski definition) is 1. The lowest BCUT2D eigenvalue weighted by Crippen LogP contribution is -2.52. The molecule has 4 aliphatic rings. The van der Waals surface area contributed by atoms with Gasteiger partial charge in [-0.2, -0.15) is 0 Å². The van der Waals surface area contributed by atoms with Gasteiger partial charge in [0, 0.05) is 38.2 Å². The zero-order valence-electron chi connectivity index (χ0n) is 21.8. The van der Waals surface area contributed by atoms with Crippen molar-refractivity contribution in [3.8, 4) is 0 Å². The van der Waals surface area contributed by atoms with E-state index < -0.39 is 17.8 Å². The minimum Gasteiger partial charge on any atom is -0.378 e.